The highest BCUT2D eigenvalue weighted by Gasteiger charge is 2.24. The van der Waals surface area contributed by atoms with Crippen LogP contribution in [0.5, 0.6) is 0 Å². The molecule has 0 radical (unpaired) electrons. The van der Waals surface area contributed by atoms with Gasteiger partial charge in [0.1, 0.15) is 0 Å². The molecule has 2 unspecified atom stereocenters. The second kappa shape index (κ2) is 5.10. The minimum Gasteiger partial charge on any atom is -0.381 e. The van der Waals surface area contributed by atoms with Gasteiger partial charge in [0.15, 0.2) is 0 Å². The number of hydrogen-bond donors (Lipinski definition) is 1. The molecule has 2 saturated heterocycles. The van der Waals surface area contributed by atoms with Crippen molar-refractivity contribution < 1.29 is 4.74 Å². The first kappa shape index (κ1) is 10.4. The first-order chi connectivity index (χ1) is 6.88. The zero-order valence-electron chi connectivity index (χ0n) is 9.17. The second-order valence-electron chi connectivity index (χ2n) is 4.62. The molecule has 0 saturated carbocycles. The van der Waals surface area contributed by atoms with E-state index in [2.05, 4.69) is 17.3 Å². The first-order valence-electron chi connectivity index (χ1n) is 5.86. The van der Waals surface area contributed by atoms with E-state index in [0.717, 1.165) is 25.2 Å². The van der Waals surface area contributed by atoms with Gasteiger partial charge in [-0.25, -0.2) is 0 Å². The molecule has 3 nitrogen and oxygen atoms in total. The van der Waals surface area contributed by atoms with Gasteiger partial charge in [0.05, 0.1) is 6.61 Å². The Morgan fingerprint density at radius 3 is 3.00 bits per heavy atom. The molecule has 82 valence electrons. The van der Waals surface area contributed by atoms with Crippen molar-refractivity contribution in [1.29, 1.82) is 0 Å². The van der Waals surface area contributed by atoms with Gasteiger partial charge in [-0.2, -0.15) is 0 Å². The summed E-state index contributed by atoms with van der Waals surface area (Å²) in [5, 5.41) is 3.36. The lowest BCUT2D eigenvalue weighted by Gasteiger charge is -2.26. The number of hydrogen-bond acceptors (Lipinski definition) is 3. The standard InChI is InChI=1S/C11H22N2O/c1-12-11-4-5-13(8-11)7-10-3-2-6-14-9-10/h10-12H,2-9H2,1H3. The topological polar surface area (TPSA) is 24.5 Å². The smallest absolute Gasteiger partial charge is 0.0506 e. The Balaban J connectivity index is 1.69. The van der Waals surface area contributed by atoms with E-state index in [1.165, 1.54) is 38.9 Å². The van der Waals surface area contributed by atoms with Crippen LogP contribution < -0.4 is 5.32 Å². The van der Waals surface area contributed by atoms with Gasteiger partial charge in [0.25, 0.3) is 0 Å². The van der Waals surface area contributed by atoms with E-state index in [1.807, 2.05) is 0 Å². The zero-order chi connectivity index (χ0) is 9.80. The molecule has 2 aliphatic rings. The van der Waals surface area contributed by atoms with Crippen LogP contribution in [0.15, 0.2) is 0 Å². The summed E-state index contributed by atoms with van der Waals surface area (Å²) in [6.07, 6.45) is 3.93. The molecule has 0 amide bonds. The molecule has 1 N–H and O–H groups in total. The molecule has 3 heteroatoms. The van der Waals surface area contributed by atoms with Crippen molar-refractivity contribution in [3.8, 4) is 0 Å². The summed E-state index contributed by atoms with van der Waals surface area (Å²) < 4.78 is 5.50. The van der Waals surface area contributed by atoms with Gasteiger partial charge in [0, 0.05) is 25.7 Å². The van der Waals surface area contributed by atoms with Gasteiger partial charge in [-0.05, 0) is 38.8 Å². The SMILES string of the molecule is CNC1CCN(CC2CCCOC2)C1. The molecule has 2 rings (SSSR count). The quantitative estimate of drug-likeness (QED) is 0.723. The molecule has 2 fully saturated rings. The summed E-state index contributed by atoms with van der Waals surface area (Å²) in [6, 6.07) is 0.722. The molecule has 0 aliphatic carbocycles. The highest BCUT2D eigenvalue weighted by Crippen LogP contribution is 2.17. The van der Waals surface area contributed by atoms with E-state index < -0.39 is 0 Å². The van der Waals surface area contributed by atoms with Crippen LogP contribution >= 0.6 is 0 Å². The van der Waals surface area contributed by atoms with Crippen molar-refractivity contribution in [2.75, 3.05) is 39.9 Å². The number of likely N-dealkylation sites (N-methyl/N-ethyl adjacent to an activating group) is 1. The molecule has 0 aromatic carbocycles. The minimum absolute atomic E-state index is 0.722. The van der Waals surface area contributed by atoms with Crippen LogP contribution in [0.1, 0.15) is 19.3 Å². The van der Waals surface area contributed by atoms with Crippen LogP contribution in [0, 0.1) is 5.92 Å². The average molecular weight is 198 g/mol. The monoisotopic (exact) mass is 198 g/mol. The Hall–Kier alpha value is -0.120. The molecular weight excluding hydrogens is 176 g/mol. The molecule has 2 aliphatic heterocycles. The number of rotatable bonds is 3. The lowest BCUT2D eigenvalue weighted by molar-refractivity contribution is 0.0415. The number of nitrogens with one attached hydrogen (secondary N) is 1. The Bertz CT molecular complexity index is 169. The van der Waals surface area contributed by atoms with E-state index in [-0.39, 0.29) is 0 Å². The van der Waals surface area contributed by atoms with Crippen molar-refractivity contribution in [1.82, 2.24) is 10.2 Å². The van der Waals surface area contributed by atoms with Gasteiger partial charge >= 0.3 is 0 Å². The lowest BCUT2D eigenvalue weighted by Crippen LogP contribution is -2.34. The van der Waals surface area contributed by atoms with Crippen molar-refractivity contribution in [3.05, 3.63) is 0 Å². The van der Waals surface area contributed by atoms with Crippen molar-refractivity contribution in [3.63, 3.8) is 0 Å². The van der Waals surface area contributed by atoms with Gasteiger partial charge in [-0.3, -0.25) is 0 Å². The van der Waals surface area contributed by atoms with E-state index in [1.54, 1.807) is 0 Å². The van der Waals surface area contributed by atoms with Crippen LogP contribution in [0.3, 0.4) is 0 Å². The molecule has 14 heavy (non-hydrogen) atoms. The van der Waals surface area contributed by atoms with Crippen LogP contribution in [0.2, 0.25) is 0 Å². The summed E-state index contributed by atoms with van der Waals surface area (Å²) in [4.78, 5) is 2.58. The number of likely N-dealkylation sites (tertiary alicyclic amines) is 1. The molecule has 0 aromatic heterocycles. The van der Waals surface area contributed by atoms with Gasteiger partial charge in [-0.1, -0.05) is 0 Å². The highest BCUT2D eigenvalue weighted by molar-refractivity contribution is 4.81. The normalized spacial score (nSPS) is 34.9. The molecule has 0 bridgehead atoms. The summed E-state index contributed by atoms with van der Waals surface area (Å²) in [7, 11) is 2.07. The maximum atomic E-state index is 5.50. The summed E-state index contributed by atoms with van der Waals surface area (Å²) in [5.74, 6) is 0.791. The van der Waals surface area contributed by atoms with Gasteiger partial charge in [-0.15, -0.1) is 0 Å². The average Bonchev–Trinajstić information content (AvgIpc) is 2.67. The van der Waals surface area contributed by atoms with E-state index in [4.69, 9.17) is 4.74 Å². The Kier molecular flexibility index (Phi) is 3.79. The fraction of sp³-hybridized carbons (Fsp3) is 1.00. The Morgan fingerprint density at radius 1 is 1.43 bits per heavy atom. The lowest BCUT2D eigenvalue weighted by atomic mass is 10.0. The maximum Gasteiger partial charge on any atom is 0.0506 e. The highest BCUT2D eigenvalue weighted by atomic mass is 16.5. The largest absolute Gasteiger partial charge is 0.381 e. The van der Waals surface area contributed by atoms with Crippen LogP contribution in [-0.4, -0.2) is 50.8 Å². The van der Waals surface area contributed by atoms with Crippen molar-refractivity contribution >= 4 is 0 Å². The molecule has 0 spiro atoms. The summed E-state index contributed by atoms with van der Waals surface area (Å²) in [6.45, 7) is 5.71. The summed E-state index contributed by atoms with van der Waals surface area (Å²) in [5.41, 5.74) is 0. The first-order valence-corrected chi connectivity index (χ1v) is 5.86. The number of nitrogens with zero attached hydrogens (tertiary/aromatic N) is 1. The fourth-order valence-corrected chi connectivity index (χ4v) is 2.55. The van der Waals surface area contributed by atoms with Crippen LogP contribution in [0.25, 0.3) is 0 Å². The molecule has 0 aromatic rings. The van der Waals surface area contributed by atoms with E-state index >= 15 is 0 Å². The van der Waals surface area contributed by atoms with E-state index in [9.17, 15) is 0 Å². The molecule has 2 heterocycles. The minimum atomic E-state index is 0.722. The van der Waals surface area contributed by atoms with Gasteiger partial charge < -0.3 is 15.0 Å². The third-order valence-electron chi connectivity index (χ3n) is 3.45. The Morgan fingerprint density at radius 2 is 2.36 bits per heavy atom. The van der Waals surface area contributed by atoms with Gasteiger partial charge in [0.2, 0.25) is 0 Å². The van der Waals surface area contributed by atoms with Crippen LogP contribution in [-0.2, 0) is 4.74 Å². The third-order valence-corrected chi connectivity index (χ3v) is 3.45. The zero-order valence-corrected chi connectivity index (χ0v) is 9.17. The predicted octanol–water partition coefficient (Wildman–Crippen LogP) is 0.707. The Labute approximate surface area is 86.8 Å². The summed E-state index contributed by atoms with van der Waals surface area (Å²) >= 11 is 0. The predicted molar refractivity (Wildman–Crippen MR) is 57.4 cm³/mol. The maximum absolute atomic E-state index is 5.50. The fourth-order valence-electron chi connectivity index (χ4n) is 2.55. The van der Waals surface area contributed by atoms with Crippen molar-refractivity contribution in [2.24, 2.45) is 5.92 Å². The third kappa shape index (κ3) is 2.69. The van der Waals surface area contributed by atoms with Crippen molar-refractivity contribution in [2.45, 2.75) is 25.3 Å². The number of ether oxygens (including phenoxy) is 1. The van der Waals surface area contributed by atoms with E-state index in [0.29, 0.717) is 0 Å². The second-order valence-corrected chi connectivity index (χ2v) is 4.62. The molecular formula is C11H22N2O. The van der Waals surface area contributed by atoms with Crippen LogP contribution in [0.4, 0.5) is 0 Å². The molecule has 2 atom stereocenters.